The predicted octanol–water partition coefficient (Wildman–Crippen LogP) is 2.13. The van der Waals surface area contributed by atoms with E-state index in [1.807, 2.05) is 25.1 Å². The third-order valence-electron chi connectivity index (χ3n) is 5.01. The zero-order valence-electron chi connectivity index (χ0n) is 15.7. The van der Waals surface area contributed by atoms with Gasteiger partial charge < -0.3 is 19.4 Å². The second kappa shape index (κ2) is 7.85. The summed E-state index contributed by atoms with van der Waals surface area (Å²) in [5.41, 5.74) is 0.916. The fraction of sp³-hybridized carbons (Fsp3) is 0.350. The molecule has 0 saturated carbocycles. The number of fused-ring (bicyclic) bond motifs is 1. The summed E-state index contributed by atoms with van der Waals surface area (Å²) in [7, 11) is 0. The Morgan fingerprint density at radius 3 is 2.86 bits per heavy atom. The second-order valence-corrected chi connectivity index (χ2v) is 6.95. The van der Waals surface area contributed by atoms with E-state index >= 15 is 0 Å². The average Bonchev–Trinajstić information content (AvgIpc) is 3.32. The highest BCUT2D eigenvalue weighted by Gasteiger charge is 2.23. The van der Waals surface area contributed by atoms with Gasteiger partial charge in [-0.15, -0.1) is 10.2 Å². The summed E-state index contributed by atoms with van der Waals surface area (Å²) in [5, 5.41) is 21.6. The Bertz CT molecular complexity index is 951. The number of carbonyl (C=O) groups excluding carboxylic acids is 1. The van der Waals surface area contributed by atoms with Gasteiger partial charge in [-0.1, -0.05) is 18.2 Å². The summed E-state index contributed by atoms with van der Waals surface area (Å²) in [6.07, 6.45) is 2.24. The minimum absolute atomic E-state index is 0.273. The van der Waals surface area contributed by atoms with Crippen molar-refractivity contribution < 1.29 is 14.3 Å². The molecule has 146 valence electrons. The van der Waals surface area contributed by atoms with Crippen LogP contribution in [0.1, 0.15) is 40.7 Å². The molecule has 0 unspecified atom stereocenters. The molecule has 1 atom stereocenters. The Hall–Kier alpha value is -3.13. The zero-order valence-corrected chi connectivity index (χ0v) is 15.7. The molecule has 0 radical (unpaired) electrons. The first-order valence-corrected chi connectivity index (χ1v) is 9.37. The number of nitrogens with one attached hydrogen (secondary N) is 1. The van der Waals surface area contributed by atoms with Crippen LogP contribution < -0.4 is 5.32 Å². The van der Waals surface area contributed by atoms with E-state index in [-0.39, 0.29) is 17.7 Å². The number of hydrogen-bond acceptors (Lipinski definition) is 6. The van der Waals surface area contributed by atoms with E-state index in [4.69, 9.17) is 4.42 Å². The number of aromatic hydroxyl groups is 1. The molecule has 0 spiro atoms. The molecule has 1 aliphatic rings. The molecule has 0 bridgehead atoms. The molecule has 1 aromatic carbocycles. The smallest absolute Gasteiger partial charge is 0.287 e. The minimum atomic E-state index is -0.288. The molecule has 3 heterocycles. The van der Waals surface area contributed by atoms with Crippen LogP contribution in [0.15, 0.2) is 47.1 Å². The van der Waals surface area contributed by atoms with Gasteiger partial charge in [0.2, 0.25) is 0 Å². The molecule has 0 saturated heterocycles. The lowest BCUT2D eigenvalue weighted by atomic mass is 10.2. The van der Waals surface area contributed by atoms with Gasteiger partial charge in [0, 0.05) is 38.2 Å². The Morgan fingerprint density at radius 2 is 2.07 bits per heavy atom. The molecule has 0 fully saturated rings. The van der Waals surface area contributed by atoms with Gasteiger partial charge in [-0.25, -0.2) is 0 Å². The van der Waals surface area contributed by atoms with Crippen molar-refractivity contribution >= 4 is 5.91 Å². The highest BCUT2D eigenvalue weighted by atomic mass is 16.3. The van der Waals surface area contributed by atoms with Crippen LogP contribution in [0, 0.1) is 0 Å². The van der Waals surface area contributed by atoms with Crippen molar-refractivity contribution in [1.82, 2.24) is 25.0 Å². The summed E-state index contributed by atoms with van der Waals surface area (Å²) < 4.78 is 7.23. The highest BCUT2D eigenvalue weighted by Crippen LogP contribution is 2.20. The van der Waals surface area contributed by atoms with Gasteiger partial charge in [-0.3, -0.25) is 9.69 Å². The monoisotopic (exact) mass is 381 g/mol. The number of benzene rings is 1. The lowest BCUT2D eigenvalue weighted by Gasteiger charge is -2.20. The Labute approximate surface area is 162 Å². The molecule has 8 heteroatoms. The summed E-state index contributed by atoms with van der Waals surface area (Å²) in [6, 6.07) is 10.4. The summed E-state index contributed by atoms with van der Waals surface area (Å²) in [5.74, 6) is 1.97. The molecule has 2 N–H and O–H groups in total. The maximum absolute atomic E-state index is 12.2. The molecule has 8 nitrogen and oxygen atoms in total. The Morgan fingerprint density at radius 1 is 1.21 bits per heavy atom. The molecule has 1 aliphatic heterocycles. The van der Waals surface area contributed by atoms with Gasteiger partial charge in [0.15, 0.2) is 11.6 Å². The van der Waals surface area contributed by atoms with E-state index in [2.05, 4.69) is 25.0 Å². The predicted molar refractivity (Wildman–Crippen MR) is 102 cm³/mol. The van der Waals surface area contributed by atoms with Crippen LogP contribution in [0.5, 0.6) is 5.75 Å². The molecule has 4 rings (SSSR count). The minimum Gasteiger partial charge on any atom is -0.508 e. The number of amides is 1. The van der Waals surface area contributed by atoms with Gasteiger partial charge in [-0.05, 0) is 25.1 Å². The largest absolute Gasteiger partial charge is 0.508 e. The fourth-order valence-corrected chi connectivity index (χ4v) is 3.49. The number of carbonyl (C=O) groups is 1. The van der Waals surface area contributed by atoms with Crippen molar-refractivity contribution in [3.05, 3.63) is 65.6 Å². The van der Waals surface area contributed by atoms with Crippen molar-refractivity contribution in [1.29, 1.82) is 0 Å². The first-order chi connectivity index (χ1) is 13.6. The number of para-hydroxylation sites is 1. The van der Waals surface area contributed by atoms with E-state index in [0.717, 1.165) is 43.3 Å². The molecule has 28 heavy (non-hydrogen) atoms. The van der Waals surface area contributed by atoms with Crippen LogP contribution in [-0.4, -0.2) is 43.8 Å². The van der Waals surface area contributed by atoms with Crippen LogP contribution in [-0.2, 0) is 19.5 Å². The van der Waals surface area contributed by atoms with Crippen molar-refractivity contribution in [2.45, 2.75) is 32.5 Å². The molecular formula is C20H23N5O3. The topological polar surface area (TPSA) is 96.4 Å². The van der Waals surface area contributed by atoms with Crippen molar-refractivity contribution in [2.75, 3.05) is 13.1 Å². The fourth-order valence-electron chi connectivity index (χ4n) is 3.49. The van der Waals surface area contributed by atoms with Crippen molar-refractivity contribution in [2.24, 2.45) is 0 Å². The van der Waals surface area contributed by atoms with Gasteiger partial charge in [0.1, 0.15) is 11.6 Å². The maximum Gasteiger partial charge on any atom is 0.287 e. The normalized spacial score (nSPS) is 15.6. The van der Waals surface area contributed by atoms with Gasteiger partial charge in [0.05, 0.1) is 12.3 Å². The summed E-state index contributed by atoms with van der Waals surface area (Å²) >= 11 is 0. The number of furan rings is 1. The third-order valence-corrected chi connectivity index (χ3v) is 5.01. The first-order valence-electron chi connectivity index (χ1n) is 9.37. The van der Waals surface area contributed by atoms with Gasteiger partial charge in [0.25, 0.3) is 5.91 Å². The van der Waals surface area contributed by atoms with E-state index < -0.39 is 0 Å². The summed E-state index contributed by atoms with van der Waals surface area (Å²) in [6.45, 7) is 4.95. The molecular weight excluding hydrogens is 358 g/mol. The standard InChI is InChI=1S/C20H23N5O3/c1-14(21-20(27)17-7-4-12-28-17)19-23-22-18-8-9-24(10-11-25(18)19)13-15-5-2-3-6-16(15)26/h2-7,12,14,26H,8-11,13H2,1H3,(H,21,27)/t14-/m1/s1. The van der Waals surface area contributed by atoms with Crippen molar-refractivity contribution in [3.8, 4) is 5.75 Å². The first kappa shape index (κ1) is 18.2. The third kappa shape index (κ3) is 3.77. The quantitative estimate of drug-likeness (QED) is 0.703. The summed E-state index contributed by atoms with van der Waals surface area (Å²) in [4.78, 5) is 14.5. The number of aromatic nitrogens is 3. The van der Waals surface area contributed by atoms with Crippen molar-refractivity contribution in [3.63, 3.8) is 0 Å². The van der Waals surface area contributed by atoms with Crippen LogP contribution in [0.3, 0.4) is 0 Å². The van der Waals surface area contributed by atoms with Crippen LogP contribution in [0.2, 0.25) is 0 Å². The Balaban J connectivity index is 1.43. The lowest BCUT2D eigenvalue weighted by molar-refractivity contribution is 0.0909. The SMILES string of the molecule is C[C@@H](NC(=O)c1ccco1)c1nnc2n1CCN(Cc1ccccc1O)CC2. The number of hydrogen-bond donors (Lipinski definition) is 2. The second-order valence-electron chi connectivity index (χ2n) is 6.95. The average molecular weight is 381 g/mol. The van der Waals surface area contributed by atoms with E-state index in [9.17, 15) is 9.90 Å². The van der Waals surface area contributed by atoms with Crippen LogP contribution in [0.4, 0.5) is 0 Å². The number of rotatable bonds is 5. The molecule has 1 amide bonds. The maximum atomic E-state index is 12.2. The number of phenols is 1. The molecule has 0 aliphatic carbocycles. The zero-order chi connectivity index (χ0) is 19.5. The highest BCUT2D eigenvalue weighted by molar-refractivity contribution is 5.91. The number of phenolic OH excluding ortho intramolecular Hbond substituents is 1. The van der Waals surface area contributed by atoms with Crippen LogP contribution >= 0.6 is 0 Å². The van der Waals surface area contributed by atoms with E-state index in [1.165, 1.54) is 6.26 Å². The lowest BCUT2D eigenvalue weighted by Crippen LogP contribution is -2.30. The van der Waals surface area contributed by atoms with Crippen LogP contribution in [0.25, 0.3) is 0 Å². The Kier molecular flexibility index (Phi) is 5.12. The van der Waals surface area contributed by atoms with Gasteiger partial charge in [-0.2, -0.15) is 0 Å². The molecule has 3 aromatic rings. The van der Waals surface area contributed by atoms with Gasteiger partial charge >= 0.3 is 0 Å². The van der Waals surface area contributed by atoms with E-state index in [1.54, 1.807) is 18.2 Å². The van der Waals surface area contributed by atoms with E-state index in [0.29, 0.717) is 12.3 Å². The number of nitrogens with zero attached hydrogens (tertiary/aromatic N) is 4. The molecule has 2 aromatic heterocycles.